The van der Waals surface area contributed by atoms with Crippen molar-refractivity contribution in [2.24, 2.45) is 0 Å². The van der Waals surface area contributed by atoms with Crippen LogP contribution in [-0.2, 0) is 26.1 Å². The predicted molar refractivity (Wildman–Crippen MR) is 69.2 cm³/mol. The topological polar surface area (TPSA) is 101 Å². The summed E-state index contributed by atoms with van der Waals surface area (Å²) in [6.45, 7) is 1.58. The Labute approximate surface area is 113 Å². The molecular formula is C11H20N2O5S. The Bertz CT molecular complexity index is 457. The van der Waals surface area contributed by atoms with Crippen molar-refractivity contribution in [3.63, 3.8) is 0 Å². The van der Waals surface area contributed by atoms with Crippen molar-refractivity contribution >= 4 is 10.0 Å². The molecule has 0 aliphatic heterocycles. The van der Waals surface area contributed by atoms with Crippen molar-refractivity contribution < 1.29 is 23.0 Å². The van der Waals surface area contributed by atoms with Crippen LogP contribution in [0.25, 0.3) is 0 Å². The average molecular weight is 292 g/mol. The lowest BCUT2D eigenvalue weighted by molar-refractivity contribution is 0.0699. The van der Waals surface area contributed by atoms with E-state index >= 15 is 0 Å². The monoisotopic (exact) mass is 292 g/mol. The Morgan fingerprint density at radius 3 is 2.79 bits per heavy atom. The van der Waals surface area contributed by atoms with Gasteiger partial charge in [0.05, 0.1) is 24.7 Å². The van der Waals surface area contributed by atoms with E-state index in [1.807, 2.05) is 0 Å². The number of aromatic nitrogens is 1. The Balaban J connectivity index is 2.27. The van der Waals surface area contributed by atoms with Crippen molar-refractivity contribution in [2.45, 2.75) is 17.9 Å². The Kier molecular flexibility index (Phi) is 7.03. The number of hydrogen-bond acceptors (Lipinski definition) is 5. The van der Waals surface area contributed by atoms with Crippen LogP contribution in [0.5, 0.6) is 0 Å². The first-order valence-electron chi connectivity index (χ1n) is 5.94. The van der Waals surface area contributed by atoms with Gasteiger partial charge in [-0.2, -0.15) is 0 Å². The molecule has 0 radical (unpaired) electrons. The standard InChI is InChI=1S/C11H20N2O5S/c1-17-5-6-18-4-2-3-13-19(15,16)11-7-10(9-14)12-8-11/h7-8,12-14H,2-6,9H2,1H3. The number of aliphatic hydroxyl groups excluding tert-OH is 1. The first kappa shape index (κ1) is 16.1. The molecule has 0 aromatic carbocycles. The lowest BCUT2D eigenvalue weighted by atomic mass is 10.5. The normalized spacial score (nSPS) is 11.9. The minimum Gasteiger partial charge on any atom is -0.390 e. The van der Waals surface area contributed by atoms with Crippen LogP contribution in [-0.4, -0.2) is 52.0 Å². The SMILES string of the molecule is COCCOCCCNS(=O)(=O)c1c[nH]c(CO)c1. The lowest BCUT2D eigenvalue weighted by Crippen LogP contribution is -2.25. The molecule has 7 nitrogen and oxygen atoms in total. The molecule has 0 amide bonds. The molecule has 1 aromatic rings. The van der Waals surface area contributed by atoms with Gasteiger partial charge in [0.25, 0.3) is 0 Å². The average Bonchev–Trinajstić information content (AvgIpc) is 2.87. The Morgan fingerprint density at radius 2 is 2.16 bits per heavy atom. The summed E-state index contributed by atoms with van der Waals surface area (Å²) >= 11 is 0. The third kappa shape index (κ3) is 5.70. The van der Waals surface area contributed by atoms with Crippen molar-refractivity contribution in [2.75, 3.05) is 33.5 Å². The van der Waals surface area contributed by atoms with Gasteiger partial charge in [-0.05, 0) is 12.5 Å². The van der Waals surface area contributed by atoms with E-state index in [9.17, 15) is 8.42 Å². The predicted octanol–water partition coefficient (Wildman–Crippen LogP) is -0.162. The summed E-state index contributed by atoms with van der Waals surface area (Å²) in [6.07, 6.45) is 1.93. The van der Waals surface area contributed by atoms with E-state index in [2.05, 4.69) is 9.71 Å². The molecular weight excluding hydrogens is 272 g/mol. The van der Waals surface area contributed by atoms with Crippen molar-refractivity contribution in [3.8, 4) is 0 Å². The molecule has 1 aromatic heterocycles. The fourth-order valence-electron chi connectivity index (χ4n) is 1.37. The van der Waals surface area contributed by atoms with Crippen LogP contribution in [0, 0.1) is 0 Å². The highest BCUT2D eigenvalue weighted by atomic mass is 32.2. The molecule has 0 unspecified atom stereocenters. The van der Waals surface area contributed by atoms with E-state index in [0.29, 0.717) is 38.5 Å². The summed E-state index contributed by atoms with van der Waals surface area (Å²) in [5, 5.41) is 8.86. The zero-order chi connectivity index (χ0) is 14.1. The van der Waals surface area contributed by atoms with E-state index in [0.717, 1.165) is 0 Å². The van der Waals surface area contributed by atoms with Crippen LogP contribution >= 0.6 is 0 Å². The van der Waals surface area contributed by atoms with Gasteiger partial charge in [0, 0.05) is 32.2 Å². The molecule has 19 heavy (non-hydrogen) atoms. The Morgan fingerprint density at radius 1 is 1.37 bits per heavy atom. The summed E-state index contributed by atoms with van der Waals surface area (Å²) in [6, 6.07) is 1.40. The smallest absolute Gasteiger partial charge is 0.242 e. The first-order valence-corrected chi connectivity index (χ1v) is 7.43. The quantitative estimate of drug-likeness (QED) is 0.520. The number of sulfonamides is 1. The Hall–Kier alpha value is -0.930. The van der Waals surface area contributed by atoms with Gasteiger partial charge in [-0.1, -0.05) is 0 Å². The zero-order valence-electron chi connectivity index (χ0n) is 10.9. The van der Waals surface area contributed by atoms with Gasteiger partial charge in [-0.15, -0.1) is 0 Å². The second kappa shape index (κ2) is 8.28. The minimum absolute atomic E-state index is 0.122. The van der Waals surface area contributed by atoms with Crippen LogP contribution in [0.2, 0.25) is 0 Å². The van der Waals surface area contributed by atoms with Gasteiger partial charge in [0.15, 0.2) is 0 Å². The molecule has 1 rings (SSSR count). The summed E-state index contributed by atoms with van der Waals surface area (Å²) < 4.78 is 36.1. The van der Waals surface area contributed by atoms with Crippen molar-refractivity contribution in [1.82, 2.24) is 9.71 Å². The van der Waals surface area contributed by atoms with E-state index in [1.165, 1.54) is 12.3 Å². The molecule has 3 N–H and O–H groups in total. The highest BCUT2D eigenvalue weighted by molar-refractivity contribution is 7.89. The highest BCUT2D eigenvalue weighted by Gasteiger charge is 2.14. The molecule has 0 aliphatic rings. The number of aromatic amines is 1. The van der Waals surface area contributed by atoms with Crippen LogP contribution in [0.15, 0.2) is 17.2 Å². The maximum Gasteiger partial charge on any atom is 0.242 e. The molecule has 0 atom stereocenters. The third-order valence-corrected chi connectivity index (χ3v) is 3.83. The van der Waals surface area contributed by atoms with Gasteiger partial charge >= 0.3 is 0 Å². The molecule has 1 heterocycles. The number of H-pyrrole nitrogens is 1. The summed E-state index contributed by atoms with van der Waals surface area (Å²) in [5.74, 6) is 0. The largest absolute Gasteiger partial charge is 0.390 e. The molecule has 0 saturated heterocycles. The maximum absolute atomic E-state index is 11.8. The molecule has 0 saturated carbocycles. The lowest BCUT2D eigenvalue weighted by Gasteiger charge is -2.05. The number of rotatable bonds is 10. The summed E-state index contributed by atoms with van der Waals surface area (Å²) in [4.78, 5) is 2.80. The number of ether oxygens (including phenoxy) is 2. The van der Waals surface area contributed by atoms with E-state index in [-0.39, 0.29) is 11.5 Å². The van der Waals surface area contributed by atoms with E-state index < -0.39 is 10.0 Å². The maximum atomic E-state index is 11.8. The number of aliphatic hydroxyl groups is 1. The fraction of sp³-hybridized carbons (Fsp3) is 0.636. The van der Waals surface area contributed by atoms with Crippen molar-refractivity contribution in [1.29, 1.82) is 0 Å². The van der Waals surface area contributed by atoms with Gasteiger partial charge in [0.2, 0.25) is 10.0 Å². The molecule has 8 heteroatoms. The fourth-order valence-corrected chi connectivity index (χ4v) is 2.46. The van der Waals surface area contributed by atoms with Gasteiger partial charge in [-0.3, -0.25) is 0 Å². The zero-order valence-corrected chi connectivity index (χ0v) is 11.7. The minimum atomic E-state index is -3.52. The second-order valence-corrected chi connectivity index (χ2v) is 5.64. The van der Waals surface area contributed by atoms with Crippen LogP contribution in [0.1, 0.15) is 12.1 Å². The molecule has 110 valence electrons. The highest BCUT2D eigenvalue weighted by Crippen LogP contribution is 2.10. The number of nitrogens with one attached hydrogen (secondary N) is 2. The van der Waals surface area contributed by atoms with Crippen LogP contribution in [0.4, 0.5) is 0 Å². The van der Waals surface area contributed by atoms with E-state index in [1.54, 1.807) is 7.11 Å². The number of methoxy groups -OCH3 is 1. The molecule has 0 bridgehead atoms. The van der Waals surface area contributed by atoms with Crippen LogP contribution in [0.3, 0.4) is 0 Å². The third-order valence-electron chi connectivity index (χ3n) is 2.39. The first-order chi connectivity index (χ1) is 9.10. The second-order valence-electron chi connectivity index (χ2n) is 3.88. The van der Waals surface area contributed by atoms with Gasteiger partial charge in [0.1, 0.15) is 0 Å². The van der Waals surface area contributed by atoms with Crippen molar-refractivity contribution in [3.05, 3.63) is 18.0 Å². The molecule has 0 spiro atoms. The van der Waals surface area contributed by atoms with Crippen LogP contribution < -0.4 is 4.72 Å². The molecule has 0 fully saturated rings. The molecule has 0 aliphatic carbocycles. The summed E-state index contributed by atoms with van der Waals surface area (Å²) in [7, 11) is -1.93. The van der Waals surface area contributed by atoms with E-state index in [4.69, 9.17) is 14.6 Å². The van der Waals surface area contributed by atoms with Gasteiger partial charge < -0.3 is 19.6 Å². The number of hydrogen-bond donors (Lipinski definition) is 3. The van der Waals surface area contributed by atoms with Gasteiger partial charge in [-0.25, -0.2) is 13.1 Å². The summed E-state index contributed by atoms with van der Waals surface area (Å²) in [5.41, 5.74) is 0.461.